The second-order valence-electron chi connectivity index (χ2n) is 8.27. The number of nitrogens with one attached hydrogen (secondary N) is 1. The van der Waals surface area contributed by atoms with Crippen LogP contribution in [-0.4, -0.2) is 31.3 Å². The van der Waals surface area contributed by atoms with Crippen molar-refractivity contribution in [2.75, 3.05) is 18.6 Å². The van der Waals surface area contributed by atoms with E-state index in [1.807, 2.05) is 6.92 Å². The Labute approximate surface area is 215 Å². The maximum atomic E-state index is 14.1. The van der Waals surface area contributed by atoms with Crippen molar-refractivity contribution in [3.8, 4) is 5.75 Å². The smallest absolute Gasteiger partial charge is 0.259 e. The Kier molecular flexibility index (Phi) is 9.41. The largest absolute Gasteiger partial charge is 0.497 e. The third-order valence-corrected chi connectivity index (χ3v) is 5.82. The van der Waals surface area contributed by atoms with E-state index in [-0.39, 0.29) is 28.3 Å². The second-order valence-corrected chi connectivity index (χ2v) is 8.27. The van der Waals surface area contributed by atoms with Crippen molar-refractivity contribution in [3.63, 3.8) is 0 Å². The van der Waals surface area contributed by atoms with Crippen LogP contribution in [0.1, 0.15) is 59.0 Å². The molecular weight excluding hydrogens is 470 g/mol. The van der Waals surface area contributed by atoms with E-state index in [1.54, 1.807) is 72.8 Å². The lowest BCUT2D eigenvalue weighted by Gasteiger charge is -2.33. The van der Waals surface area contributed by atoms with Crippen LogP contribution in [0.3, 0.4) is 0 Å². The summed E-state index contributed by atoms with van der Waals surface area (Å²) in [6.45, 7) is 3.80. The summed E-state index contributed by atoms with van der Waals surface area (Å²) in [6, 6.07) is 18.5. The molecule has 0 aliphatic heterocycles. The number of para-hydroxylation sites is 1. The maximum absolute atomic E-state index is 14.1. The highest BCUT2D eigenvalue weighted by Gasteiger charge is 2.36. The summed E-state index contributed by atoms with van der Waals surface area (Å²) in [5, 5.41) is 6.68. The van der Waals surface area contributed by atoms with Gasteiger partial charge in [0.2, 0.25) is 5.91 Å². The molecule has 0 saturated heterocycles. The Bertz CT molecular complexity index is 1320. The number of unbranched alkanes of at least 4 members (excludes halogenated alkanes) is 1. The molecule has 9 nitrogen and oxygen atoms in total. The number of carbonyl (C=O) groups is 3. The first-order valence-electron chi connectivity index (χ1n) is 11.9. The van der Waals surface area contributed by atoms with Crippen LogP contribution >= 0.6 is 0 Å². The molecule has 0 radical (unpaired) electrons. The van der Waals surface area contributed by atoms with Gasteiger partial charge in [-0.3, -0.25) is 19.3 Å². The number of benzene rings is 3. The zero-order valence-electron chi connectivity index (χ0n) is 21.0. The highest BCUT2D eigenvalue weighted by molar-refractivity contribution is 6.13. The van der Waals surface area contributed by atoms with Gasteiger partial charge >= 0.3 is 0 Å². The van der Waals surface area contributed by atoms with Crippen LogP contribution in [0.25, 0.3) is 10.4 Å². The zero-order chi connectivity index (χ0) is 26.8. The van der Waals surface area contributed by atoms with Crippen LogP contribution in [-0.2, 0) is 4.79 Å². The van der Waals surface area contributed by atoms with Crippen LogP contribution in [0.5, 0.6) is 5.75 Å². The number of ether oxygens (including phenoxy) is 1. The first-order valence-corrected chi connectivity index (χ1v) is 11.9. The number of nitrogens with zero attached hydrogens (tertiary/aromatic N) is 4. The molecule has 190 valence electrons. The van der Waals surface area contributed by atoms with Gasteiger partial charge in [-0.1, -0.05) is 54.9 Å². The normalized spacial score (nSPS) is 11.1. The molecule has 0 bridgehead atoms. The molecule has 3 aromatic rings. The summed E-state index contributed by atoms with van der Waals surface area (Å²) in [5.74, 6) is -0.677. The summed E-state index contributed by atoms with van der Waals surface area (Å²) in [7, 11) is 1.52. The molecule has 1 N–H and O–H groups in total. The Morgan fingerprint density at radius 3 is 2.35 bits per heavy atom. The van der Waals surface area contributed by atoms with Crippen LogP contribution in [0, 0.1) is 0 Å². The summed E-state index contributed by atoms with van der Waals surface area (Å²) < 4.78 is 5.22. The van der Waals surface area contributed by atoms with Gasteiger partial charge in [-0.15, -0.1) is 0 Å². The Hall–Kier alpha value is -4.62. The average molecular weight is 500 g/mol. The van der Waals surface area contributed by atoms with Crippen molar-refractivity contribution < 1.29 is 19.1 Å². The third kappa shape index (κ3) is 6.34. The predicted octanol–water partition coefficient (Wildman–Crippen LogP) is 6.14. The van der Waals surface area contributed by atoms with Gasteiger partial charge in [-0.2, -0.15) is 0 Å². The fraction of sp³-hybridized carbons (Fsp3) is 0.250. The van der Waals surface area contributed by atoms with E-state index in [2.05, 4.69) is 15.3 Å². The molecule has 0 heterocycles. The van der Waals surface area contributed by atoms with Crippen molar-refractivity contribution in [3.05, 3.63) is 99.9 Å². The lowest BCUT2D eigenvalue weighted by Crippen LogP contribution is -2.45. The van der Waals surface area contributed by atoms with Gasteiger partial charge in [0.25, 0.3) is 5.91 Å². The molecule has 1 atom stereocenters. The van der Waals surface area contributed by atoms with E-state index in [0.717, 1.165) is 12.8 Å². The van der Waals surface area contributed by atoms with E-state index >= 15 is 0 Å². The summed E-state index contributed by atoms with van der Waals surface area (Å²) in [6.07, 6.45) is 1.61. The highest BCUT2D eigenvalue weighted by Crippen LogP contribution is 2.36. The van der Waals surface area contributed by atoms with Gasteiger partial charge in [0.05, 0.1) is 12.8 Å². The van der Waals surface area contributed by atoms with Crippen molar-refractivity contribution in [1.29, 1.82) is 0 Å². The minimum absolute atomic E-state index is 0.202. The zero-order valence-corrected chi connectivity index (χ0v) is 21.0. The van der Waals surface area contributed by atoms with Gasteiger partial charge in [0.1, 0.15) is 11.8 Å². The minimum Gasteiger partial charge on any atom is -0.497 e. The number of carbonyl (C=O) groups excluding carboxylic acids is 3. The monoisotopic (exact) mass is 499 g/mol. The van der Waals surface area contributed by atoms with Gasteiger partial charge in [-0.25, -0.2) is 0 Å². The van der Waals surface area contributed by atoms with Crippen LogP contribution in [0.2, 0.25) is 0 Å². The molecular formula is C28H29N5O4. The lowest BCUT2D eigenvalue weighted by atomic mass is 9.98. The molecule has 1 unspecified atom stereocenters. The van der Waals surface area contributed by atoms with Gasteiger partial charge in [-0.05, 0) is 60.8 Å². The quantitative estimate of drug-likeness (QED) is 0.112. The predicted molar refractivity (Wildman–Crippen MR) is 142 cm³/mol. The molecule has 0 saturated carbocycles. The molecule has 3 rings (SSSR count). The number of rotatable bonds is 11. The Morgan fingerprint density at radius 2 is 1.70 bits per heavy atom. The molecule has 0 spiro atoms. The van der Waals surface area contributed by atoms with Crippen molar-refractivity contribution in [2.24, 2.45) is 5.11 Å². The Balaban J connectivity index is 2.29. The number of anilines is 1. The molecule has 0 aromatic heterocycles. The molecule has 0 aliphatic carbocycles. The first kappa shape index (κ1) is 27.0. The van der Waals surface area contributed by atoms with Gasteiger partial charge in [0.15, 0.2) is 5.78 Å². The van der Waals surface area contributed by atoms with E-state index in [4.69, 9.17) is 10.3 Å². The fourth-order valence-corrected chi connectivity index (χ4v) is 3.96. The number of hydrogen-bond acceptors (Lipinski definition) is 5. The summed E-state index contributed by atoms with van der Waals surface area (Å²) >= 11 is 0. The van der Waals surface area contributed by atoms with Crippen LogP contribution < -0.4 is 15.0 Å². The summed E-state index contributed by atoms with van der Waals surface area (Å²) in [4.78, 5) is 44.7. The SMILES string of the molecule is CCCCNC(=O)C(c1ccccc1N=[N+]=[N-])N(C(=O)c1ccc(OC)cc1)c1ccccc1C(C)=O. The Morgan fingerprint density at radius 1 is 1.03 bits per heavy atom. The van der Waals surface area contributed by atoms with E-state index in [9.17, 15) is 14.4 Å². The number of azide groups is 1. The number of amides is 2. The lowest BCUT2D eigenvalue weighted by molar-refractivity contribution is -0.122. The van der Waals surface area contributed by atoms with Crippen molar-refractivity contribution >= 4 is 29.0 Å². The topological polar surface area (TPSA) is 124 Å². The van der Waals surface area contributed by atoms with Crippen LogP contribution in [0.4, 0.5) is 11.4 Å². The molecule has 0 fully saturated rings. The number of ketones is 1. The van der Waals surface area contributed by atoms with Crippen molar-refractivity contribution in [2.45, 2.75) is 32.7 Å². The maximum Gasteiger partial charge on any atom is 0.259 e. The number of methoxy groups -OCH3 is 1. The second kappa shape index (κ2) is 12.9. The number of Topliss-reactive ketones (excluding diaryl/α,β-unsaturated/α-hetero) is 1. The molecule has 3 aromatic carbocycles. The summed E-state index contributed by atoms with van der Waals surface area (Å²) in [5.41, 5.74) is 10.5. The van der Waals surface area contributed by atoms with E-state index in [0.29, 0.717) is 17.9 Å². The van der Waals surface area contributed by atoms with E-state index in [1.165, 1.54) is 18.9 Å². The molecule has 2 amide bonds. The third-order valence-electron chi connectivity index (χ3n) is 5.82. The molecule has 0 aliphatic rings. The van der Waals surface area contributed by atoms with Gasteiger partial charge < -0.3 is 10.1 Å². The van der Waals surface area contributed by atoms with Crippen LogP contribution in [0.15, 0.2) is 77.9 Å². The standard InChI is InChI=1S/C28H29N5O4/c1-4-5-18-30-27(35)26(23-11-6-8-12-24(23)31-32-29)33(25-13-9-7-10-22(25)19(2)34)28(36)20-14-16-21(37-3)17-15-20/h6-17,26H,4-5,18H2,1-3H3,(H,30,35). The minimum atomic E-state index is -1.23. The molecule has 9 heteroatoms. The number of hydrogen-bond donors (Lipinski definition) is 1. The highest BCUT2D eigenvalue weighted by atomic mass is 16.5. The fourth-order valence-electron chi connectivity index (χ4n) is 3.96. The van der Waals surface area contributed by atoms with Crippen molar-refractivity contribution in [1.82, 2.24) is 5.32 Å². The molecule has 37 heavy (non-hydrogen) atoms. The first-order chi connectivity index (χ1) is 17.9. The van der Waals surface area contributed by atoms with E-state index < -0.39 is 17.9 Å². The van der Waals surface area contributed by atoms with Gasteiger partial charge in [0, 0.05) is 28.3 Å². The average Bonchev–Trinajstić information content (AvgIpc) is 2.92.